The van der Waals surface area contributed by atoms with Gasteiger partial charge in [-0.05, 0) is 123 Å². The highest BCUT2D eigenvalue weighted by molar-refractivity contribution is 6.13. The van der Waals surface area contributed by atoms with Gasteiger partial charge in [0.2, 0.25) is 0 Å². The quantitative estimate of drug-likeness (QED) is 0.158. The molecule has 10 aromatic carbocycles. The Balaban J connectivity index is 0.986. The van der Waals surface area contributed by atoms with E-state index in [1.165, 1.54) is 54.5 Å². The zero-order valence-corrected chi connectivity index (χ0v) is 32.1. The summed E-state index contributed by atoms with van der Waals surface area (Å²) in [6, 6.07) is 78.8. The molecule has 0 atom stereocenters. The monoisotopic (exact) mass is 752 g/mol. The van der Waals surface area contributed by atoms with Crippen LogP contribution in [0.25, 0.3) is 93.2 Å². The Morgan fingerprint density at radius 3 is 1.69 bits per heavy atom. The summed E-state index contributed by atoms with van der Waals surface area (Å²) in [5.41, 5.74) is 13.2. The summed E-state index contributed by atoms with van der Waals surface area (Å²) >= 11 is 0. The topological polar surface area (TPSA) is 21.3 Å². The summed E-state index contributed by atoms with van der Waals surface area (Å²) in [5, 5.41) is 9.83. The molecule has 0 saturated carbocycles. The van der Waals surface area contributed by atoms with E-state index in [4.69, 9.17) is 4.42 Å². The number of nitrogens with zero attached hydrogens (tertiary/aromatic N) is 2. The number of hydrogen-bond donors (Lipinski definition) is 0. The lowest BCUT2D eigenvalue weighted by Gasteiger charge is -2.26. The van der Waals surface area contributed by atoms with Crippen LogP contribution in [0.2, 0.25) is 0 Å². The first kappa shape index (κ1) is 33.3. The fourth-order valence-electron chi connectivity index (χ4n) is 9.22. The third-order valence-corrected chi connectivity index (χ3v) is 12.0. The van der Waals surface area contributed by atoms with Crippen molar-refractivity contribution in [2.75, 3.05) is 4.90 Å². The molecule has 0 fully saturated rings. The number of aromatic nitrogens is 1. The van der Waals surface area contributed by atoms with Crippen molar-refractivity contribution >= 4 is 82.4 Å². The maximum atomic E-state index is 6.26. The molecule has 0 unspecified atom stereocenters. The molecule has 0 spiro atoms. The molecule has 12 aromatic rings. The molecule has 0 amide bonds. The normalized spacial score (nSPS) is 11.7. The van der Waals surface area contributed by atoms with Gasteiger partial charge in [0.05, 0.1) is 11.0 Å². The van der Waals surface area contributed by atoms with Crippen molar-refractivity contribution in [3.63, 3.8) is 0 Å². The zero-order chi connectivity index (χ0) is 38.9. The van der Waals surface area contributed by atoms with Crippen molar-refractivity contribution in [3.8, 4) is 27.9 Å². The van der Waals surface area contributed by atoms with E-state index in [1.807, 2.05) is 12.1 Å². The Morgan fingerprint density at radius 2 is 0.915 bits per heavy atom. The van der Waals surface area contributed by atoms with E-state index < -0.39 is 0 Å². The minimum Gasteiger partial charge on any atom is -0.456 e. The van der Waals surface area contributed by atoms with Crippen molar-refractivity contribution < 1.29 is 4.42 Å². The maximum absolute atomic E-state index is 6.26. The lowest BCUT2D eigenvalue weighted by atomic mass is 9.97. The fourth-order valence-corrected chi connectivity index (χ4v) is 9.22. The van der Waals surface area contributed by atoms with Crippen LogP contribution in [0.1, 0.15) is 0 Å². The predicted molar refractivity (Wildman–Crippen MR) is 249 cm³/mol. The number of benzene rings is 10. The smallest absolute Gasteiger partial charge is 0.136 e. The minimum atomic E-state index is 0.899. The molecule has 0 N–H and O–H groups in total. The van der Waals surface area contributed by atoms with Crippen LogP contribution in [0.5, 0.6) is 0 Å². The molecule has 3 nitrogen and oxygen atoms in total. The Bertz CT molecular complexity index is 3500. The Kier molecular flexibility index (Phi) is 7.54. The van der Waals surface area contributed by atoms with Gasteiger partial charge in [-0.15, -0.1) is 0 Å². The Morgan fingerprint density at radius 1 is 0.339 bits per heavy atom. The van der Waals surface area contributed by atoms with E-state index in [0.29, 0.717) is 0 Å². The standard InChI is InChI=1S/C56H36N2O/c1-2-14-46-37(11-1)23-24-41-35-40(27-34-47(41)46)39-12-9-13-45(36-39)57(42-28-25-38(26-29-42)48-18-10-22-55-56(48)51-17-5-8-21-54(51)59-55)43-30-32-44(33-31-43)58-52-19-6-3-15-49(52)50-16-4-7-20-53(50)58/h1-36H. The second-order valence-electron chi connectivity index (χ2n) is 15.3. The highest BCUT2D eigenvalue weighted by Crippen LogP contribution is 2.41. The van der Waals surface area contributed by atoms with Gasteiger partial charge in [0.25, 0.3) is 0 Å². The van der Waals surface area contributed by atoms with Crippen molar-refractivity contribution in [2.45, 2.75) is 0 Å². The maximum Gasteiger partial charge on any atom is 0.136 e. The van der Waals surface area contributed by atoms with E-state index in [1.54, 1.807) is 0 Å². The van der Waals surface area contributed by atoms with Crippen LogP contribution in [0.4, 0.5) is 17.1 Å². The van der Waals surface area contributed by atoms with Gasteiger partial charge in [0.15, 0.2) is 0 Å². The van der Waals surface area contributed by atoms with E-state index in [0.717, 1.165) is 55.8 Å². The fraction of sp³-hybridized carbons (Fsp3) is 0. The number of anilines is 3. The molecular formula is C56H36N2O. The van der Waals surface area contributed by atoms with Gasteiger partial charge in [-0.2, -0.15) is 0 Å². The summed E-state index contributed by atoms with van der Waals surface area (Å²) in [6.07, 6.45) is 0. The highest BCUT2D eigenvalue weighted by atomic mass is 16.3. The van der Waals surface area contributed by atoms with Gasteiger partial charge in [-0.1, -0.05) is 140 Å². The number of rotatable bonds is 6. The summed E-state index contributed by atoms with van der Waals surface area (Å²) in [4.78, 5) is 2.37. The van der Waals surface area contributed by atoms with Gasteiger partial charge in [0, 0.05) is 44.3 Å². The highest BCUT2D eigenvalue weighted by Gasteiger charge is 2.18. The van der Waals surface area contributed by atoms with Gasteiger partial charge in [-0.3, -0.25) is 0 Å². The molecule has 0 radical (unpaired) electrons. The van der Waals surface area contributed by atoms with E-state index in [9.17, 15) is 0 Å². The molecule has 12 rings (SSSR count). The molecular weight excluding hydrogens is 717 g/mol. The molecule has 0 aliphatic carbocycles. The second kappa shape index (κ2) is 13.4. The molecule has 276 valence electrons. The van der Waals surface area contributed by atoms with Crippen LogP contribution in [0.3, 0.4) is 0 Å². The number of hydrogen-bond acceptors (Lipinski definition) is 2. The molecule has 0 bridgehead atoms. The third-order valence-electron chi connectivity index (χ3n) is 12.0. The van der Waals surface area contributed by atoms with Gasteiger partial charge < -0.3 is 13.9 Å². The van der Waals surface area contributed by atoms with Gasteiger partial charge in [-0.25, -0.2) is 0 Å². The first-order valence-electron chi connectivity index (χ1n) is 20.2. The lowest BCUT2D eigenvalue weighted by Crippen LogP contribution is -2.10. The van der Waals surface area contributed by atoms with Crippen molar-refractivity contribution in [3.05, 3.63) is 218 Å². The van der Waals surface area contributed by atoms with Gasteiger partial charge in [0.1, 0.15) is 11.2 Å². The van der Waals surface area contributed by atoms with Crippen LogP contribution in [-0.2, 0) is 0 Å². The van der Waals surface area contributed by atoms with E-state index in [2.05, 4.69) is 216 Å². The first-order chi connectivity index (χ1) is 29.2. The Labute approximate surface area is 341 Å². The van der Waals surface area contributed by atoms with Crippen LogP contribution in [0.15, 0.2) is 223 Å². The van der Waals surface area contributed by atoms with Crippen LogP contribution < -0.4 is 4.90 Å². The summed E-state index contributed by atoms with van der Waals surface area (Å²) in [6.45, 7) is 0. The molecule has 0 aliphatic rings. The summed E-state index contributed by atoms with van der Waals surface area (Å²) in [7, 11) is 0. The van der Waals surface area contributed by atoms with Crippen molar-refractivity contribution in [1.82, 2.24) is 4.57 Å². The molecule has 2 heterocycles. The lowest BCUT2D eigenvalue weighted by molar-refractivity contribution is 0.669. The zero-order valence-electron chi connectivity index (χ0n) is 32.1. The van der Waals surface area contributed by atoms with Crippen LogP contribution in [0, 0.1) is 0 Å². The SMILES string of the molecule is c1cc(-c2ccc3c(ccc4ccccc43)c2)cc(N(c2ccc(-c3cccc4oc5ccccc5c34)cc2)c2ccc(-n3c4ccccc4c4ccccc43)cc2)c1. The minimum absolute atomic E-state index is 0.899. The van der Waals surface area contributed by atoms with Crippen molar-refractivity contribution in [1.29, 1.82) is 0 Å². The largest absolute Gasteiger partial charge is 0.456 e. The predicted octanol–water partition coefficient (Wildman–Crippen LogP) is 15.8. The Hall–Kier alpha value is -7.88. The molecule has 3 heteroatoms. The number of para-hydroxylation sites is 3. The second-order valence-corrected chi connectivity index (χ2v) is 15.3. The summed E-state index contributed by atoms with van der Waals surface area (Å²) < 4.78 is 8.63. The van der Waals surface area contributed by atoms with E-state index >= 15 is 0 Å². The molecule has 0 aliphatic heterocycles. The third kappa shape index (κ3) is 5.44. The summed E-state index contributed by atoms with van der Waals surface area (Å²) in [5.74, 6) is 0. The average molecular weight is 753 g/mol. The number of fused-ring (bicyclic) bond motifs is 9. The van der Waals surface area contributed by atoms with Crippen LogP contribution >= 0.6 is 0 Å². The van der Waals surface area contributed by atoms with Gasteiger partial charge >= 0.3 is 0 Å². The molecule has 0 saturated heterocycles. The van der Waals surface area contributed by atoms with E-state index in [-0.39, 0.29) is 0 Å². The van der Waals surface area contributed by atoms with Crippen molar-refractivity contribution in [2.24, 2.45) is 0 Å². The molecule has 59 heavy (non-hydrogen) atoms. The number of furan rings is 1. The molecule has 2 aromatic heterocycles. The van der Waals surface area contributed by atoms with Crippen LogP contribution in [-0.4, -0.2) is 4.57 Å². The average Bonchev–Trinajstić information content (AvgIpc) is 3.86. The first-order valence-corrected chi connectivity index (χ1v) is 20.2.